The molecule has 0 atom stereocenters. The number of nitriles is 1. The first-order valence-electron chi connectivity index (χ1n) is 8.81. The van der Waals surface area contributed by atoms with Gasteiger partial charge >= 0.3 is 5.97 Å². The molecule has 8 heteroatoms. The Labute approximate surface area is 171 Å². The van der Waals surface area contributed by atoms with Gasteiger partial charge in [0.2, 0.25) is 0 Å². The minimum atomic E-state index is -1.07. The fourth-order valence-electron chi connectivity index (χ4n) is 2.93. The van der Waals surface area contributed by atoms with E-state index < -0.39 is 18.1 Å². The Hall–Kier alpha value is -4.25. The smallest absolute Gasteiger partial charge is 0.341 e. The van der Waals surface area contributed by atoms with Crippen molar-refractivity contribution in [1.29, 1.82) is 5.26 Å². The molecule has 0 amide bonds. The number of carbonyl (C=O) groups is 1. The number of pyridine rings is 1. The van der Waals surface area contributed by atoms with Crippen molar-refractivity contribution >= 4 is 5.97 Å². The molecule has 0 saturated carbocycles. The minimum absolute atomic E-state index is 0.0209. The van der Waals surface area contributed by atoms with Gasteiger partial charge < -0.3 is 24.3 Å². The molecule has 0 aliphatic heterocycles. The maximum Gasteiger partial charge on any atom is 0.341 e. The lowest BCUT2D eigenvalue weighted by Gasteiger charge is -2.12. The summed E-state index contributed by atoms with van der Waals surface area (Å²) in [6, 6.07) is 15.4. The summed E-state index contributed by atoms with van der Waals surface area (Å²) in [5.41, 5.74) is 1.69. The molecule has 8 nitrogen and oxygen atoms in total. The molecule has 1 aromatic heterocycles. The molecule has 0 saturated heterocycles. The average Bonchev–Trinajstić information content (AvgIpc) is 2.76. The molecule has 2 N–H and O–H groups in total. The van der Waals surface area contributed by atoms with Crippen LogP contribution in [0.4, 0.5) is 0 Å². The Morgan fingerprint density at radius 2 is 1.70 bits per heavy atom. The number of hydrogen-bond acceptors (Lipinski definition) is 6. The van der Waals surface area contributed by atoms with Gasteiger partial charge in [-0.2, -0.15) is 5.26 Å². The Bertz CT molecular complexity index is 1180. The molecular formula is C22H18N2O6. The van der Waals surface area contributed by atoms with Gasteiger partial charge in [-0.25, -0.2) is 4.79 Å². The van der Waals surface area contributed by atoms with E-state index in [9.17, 15) is 14.9 Å². The summed E-state index contributed by atoms with van der Waals surface area (Å²) in [6.45, 7) is -0.448. The number of carboxylic acid groups (broad SMARTS) is 1. The zero-order chi connectivity index (χ0) is 21.7. The van der Waals surface area contributed by atoms with Gasteiger partial charge in [0.1, 0.15) is 17.4 Å². The third-order valence-corrected chi connectivity index (χ3v) is 4.37. The Morgan fingerprint density at radius 3 is 2.30 bits per heavy atom. The van der Waals surface area contributed by atoms with E-state index >= 15 is 0 Å². The molecule has 1 heterocycles. The van der Waals surface area contributed by atoms with Crippen LogP contribution in [0.1, 0.15) is 5.56 Å². The molecule has 0 unspecified atom stereocenters. The van der Waals surface area contributed by atoms with E-state index in [2.05, 4.69) is 4.98 Å². The number of nitrogens with zero attached hydrogens (tertiary/aromatic N) is 1. The third-order valence-electron chi connectivity index (χ3n) is 4.37. The molecule has 0 aliphatic carbocycles. The second kappa shape index (κ2) is 8.84. The van der Waals surface area contributed by atoms with E-state index in [1.54, 1.807) is 48.5 Å². The summed E-state index contributed by atoms with van der Waals surface area (Å²) in [4.78, 5) is 25.9. The number of aromatic nitrogens is 1. The highest BCUT2D eigenvalue weighted by Crippen LogP contribution is 2.34. The second-order valence-electron chi connectivity index (χ2n) is 6.19. The summed E-state index contributed by atoms with van der Waals surface area (Å²) in [6.07, 6.45) is 0. The lowest BCUT2D eigenvalue weighted by Crippen LogP contribution is -2.12. The van der Waals surface area contributed by atoms with Gasteiger partial charge in [0, 0.05) is 11.3 Å². The van der Waals surface area contributed by atoms with Crippen molar-refractivity contribution in [1.82, 2.24) is 4.98 Å². The van der Waals surface area contributed by atoms with Crippen LogP contribution in [0.5, 0.6) is 17.2 Å². The van der Waals surface area contributed by atoms with Crippen molar-refractivity contribution in [3.8, 4) is 45.7 Å². The minimum Gasteiger partial charge on any atom is -0.493 e. The molecular weight excluding hydrogens is 388 g/mol. The first kappa shape index (κ1) is 20.5. The summed E-state index contributed by atoms with van der Waals surface area (Å²) in [7, 11) is 3.03. The van der Waals surface area contributed by atoms with Gasteiger partial charge in [-0.1, -0.05) is 6.07 Å². The molecule has 0 radical (unpaired) electrons. The normalized spacial score (nSPS) is 10.2. The zero-order valence-electron chi connectivity index (χ0n) is 16.3. The molecule has 152 valence electrons. The third kappa shape index (κ3) is 4.25. The summed E-state index contributed by atoms with van der Waals surface area (Å²) < 4.78 is 15.7. The molecule has 2 aromatic carbocycles. The number of rotatable bonds is 7. The summed E-state index contributed by atoms with van der Waals surface area (Å²) >= 11 is 0. The van der Waals surface area contributed by atoms with Crippen LogP contribution >= 0.6 is 0 Å². The Balaban J connectivity index is 2.05. The van der Waals surface area contributed by atoms with Crippen molar-refractivity contribution in [3.05, 3.63) is 64.4 Å². The number of methoxy groups -OCH3 is 2. The Morgan fingerprint density at radius 1 is 1.03 bits per heavy atom. The fourth-order valence-corrected chi connectivity index (χ4v) is 2.93. The van der Waals surface area contributed by atoms with Gasteiger partial charge in [-0.05, 0) is 53.6 Å². The van der Waals surface area contributed by atoms with Gasteiger partial charge in [-0.15, -0.1) is 0 Å². The van der Waals surface area contributed by atoms with Crippen LogP contribution in [0, 0.1) is 11.3 Å². The Kier molecular flexibility index (Phi) is 6.03. The molecule has 30 heavy (non-hydrogen) atoms. The lowest BCUT2D eigenvalue weighted by atomic mass is 9.98. The second-order valence-corrected chi connectivity index (χ2v) is 6.19. The molecule has 0 aliphatic rings. The highest BCUT2D eigenvalue weighted by molar-refractivity contribution is 5.77. The number of aliphatic carboxylic acids is 1. The van der Waals surface area contributed by atoms with Crippen LogP contribution in [0.2, 0.25) is 0 Å². The van der Waals surface area contributed by atoms with Gasteiger partial charge in [-0.3, -0.25) is 4.79 Å². The maximum atomic E-state index is 12.5. The number of benzene rings is 2. The van der Waals surface area contributed by atoms with E-state index in [0.717, 1.165) is 0 Å². The lowest BCUT2D eigenvalue weighted by molar-refractivity contribution is -0.139. The monoisotopic (exact) mass is 406 g/mol. The molecule has 0 bridgehead atoms. The largest absolute Gasteiger partial charge is 0.493 e. The molecule has 0 spiro atoms. The van der Waals surface area contributed by atoms with Crippen LogP contribution in [-0.4, -0.2) is 36.9 Å². The van der Waals surface area contributed by atoms with Crippen molar-refractivity contribution in [2.75, 3.05) is 20.8 Å². The molecule has 0 fully saturated rings. The van der Waals surface area contributed by atoms with Crippen LogP contribution in [0.25, 0.3) is 22.4 Å². The number of ether oxygens (including phenoxy) is 3. The highest BCUT2D eigenvalue weighted by Gasteiger charge is 2.15. The number of aromatic amines is 1. The van der Waals surface area contributed by atoms with E-state index in [0.29, 0.717) is 39.6 Å². The molecule has 3 rings (SSSR count). The van der Waals surface area contributed by atoms with Crippen molar-refractivity contribution < 1.29 is 24.1 Å². The number of nitrogens with one attached hydrogen (secondary N) is 1. The zero-order valence-corrected chi connectivity index (χ0v) is 16.3. The highest BCUT2D eigenvalue weighted by atomic mass is 16.5. The van der Waals surface area contributed by atoms with E-state index in [-0.39, 0.29) is 5.56 Å². The van der Waals surface area contributed by atoms with Crippen molar-refractivity contribution in [3.63, 3.8) is 0 Å². The SMILES string of the molecule is COc1ccc(-c2cc(-c3ccc(OCC(=O)O)cc3)[nH]c(=O)c2C#N)cc1OC. The van der Waals surface area contributed by atoms with Gasteiger partial charge in [0.25, 0.3) is 5.56 Å². The van der Waals surface area contributed by atoms with Crippen LogP contribution < -0.4 is 19.8 Å². The predicted molar refractivity (Wildman–Crippen MR) is 109 cm³/mol. The molecule has 3 aromatic rings. The standard InChI is InChI=1S/C22H18N2O6/c1-28-19-8-5-14(9-20(19)29-2)16-10-18(24-22(27)17(16)11-23)13-3-6-15(7-4-13)30-12-21(25)26/h3-10H,12H2,1-2H3,(H,24,27)(H,25,26). The van der Waals surface area contributed by atoms with Crippen LogP contribution in [0.15, 0.2) is 53.3 Å². The van der Waals surface area contributed by atoms with E-state index in [1.807, 2.05) is 6.07 Å². The first-order chi connectivity index (χ1) is 14.5. The quantitative estimate of drug-likeness (QED) is 0.618. The fraction of sp³-hybridized carbons (Fsp3) is 0.136. The van der Waals surface area contributed by atoms with E-state index in [1.165, 1.54) is 14.2 Å². The van der Waals surface area contributed by atoms with E-state index in [4.69, 9.17) is 19.3 Å². The van der Waals surface area contributed by atoms with Gasteiger partial charge in [0.05, 0.1) is 14.2 Å². The maximum absolute atomic E-state index is 12.5. The van der Waals surface area contributed by atoms with Crippen molar-refractivity contribution in [2.24, 2.45) is 0 Å². The number of hydrogen-bond donors (Lipinski definition) is 2. The van der Waals surface area contributed by atoms with Crippen LogP contribution in [-0.2, 0) is 4.79 Å². The number of H-pyrrole nitrogens is 1. The predicted octanol–water partition coefficient (Wildman–Crippen LogP) is 3.06. The average molecular weight is 406 g/mol. The number of carboxylic acids is 1. The van der Waals surface area contributed by atoms with Gasteiger partial charge in [0.15, 0.2) is 18.1 Å². The van der Waals surface area contributed by atoms with Crippen molar-refractivity contribution in [2.45, 2.75) is 0 Å². The van der Waals surface area contributed by atoms with Crippen LogP contribution in [0.3, 0.4) is 0 Å². The first-order valence-corrected chi connectivity index (χ1v) is 8.81. The summed E-state index contributed by atoms with van der Waals surface area (Å²) in [5.74, 6) is 0.315. The topological polar surface area (TPSA) is 122 Å². The summed E-state index contributed by atoms with van der Waals surface area (Å²) in [5, 5.41) is 18.2.